The number of fused-ring (bicyclic) bond motifs is 1. The molecule has 1 saturated carbocycles. The van der Waals surface area contributed by atoms with Gasteiger partial charge in [-0.25, -0.2) is 8.42 Å². The van der Waals surface area contributed by atoms with Gasteiger partial charge in [0.05, 0.1) is 4.75 Å². The van der Waals surface area contributed by atoms with Crippen molar-refractivity contribution >= 4 is 10.0 Å². The van der Waals surface area contributed by atoms with Crippen molar-refractivity contribution in [3.63, 3.8) is 0 Å². The normalized spacial score (nSPS) is 22.0. The molecule has 2 aliphatic rings. The van der Waals surface area contributed by atoms with Crippen LogP contribution in [0.25, 0.3) is 0 Å². The number of aliphatic hydroxyl groups is 1. The third kappa shape index (κ3) is 3.31. The number of aliphatic hydroxyl groups excluding tert-OH is 1. The Morgan fingerprint density at radius 2 is 1.96 bits per heavy atom. The van der Waals surface area contributed by atoms with Crippen molar-refractivity contribution in [3.8, 4) is 0 Å². The van der Waals surface area contributed by atoms with Gasteiger partial charge in [0.1, 0.15) is 6.23 Å². The average Bonchev–Trinajstić information content (AvgIpc) is 3.25. The maximum absolute atomic E-state index is 12.2. The minimum absolute atomic E-state index is 0.513. The fourth-order valence-electron chi connectivity index (χ4n) is 3.01. The second-order valence-corrected chi connectivity index (χ2v) is 9.54. The monoisotopic (exact) mass is 338 g/mol. The lowest BCUT2D eigenvalue weighted by Gasteiger charge is -2.32. The Kier molecular flexibility index (Phi) is 4.29. The van der Waals surface area contributed by atoms with E-state index in [1.165, 1.54) is 11.1 Å². The molecule has 23 heavy (non-hydrogen) atoms. The van der Waals surface area contributed by atoms with Crippen LogP contribution in [0.5, 0.6) is 0 Å². The number of nitrogens with zero attached hydrogens (tertiary/aromatic N) is 1. The zero-order chi connectivity index (χ0) is 16.8. The van der Waals surface area contributed by atoms with Crippen LogP contribution in [0, 0.1) is 0 Å². The van der Waals surface area contributed by atoms with Gasteiger partial charge in [0.2, 0.25) is 10.0 Å². The van der Waals surface area contributed by atoms with Crippen molar-refractivity contribution in [2.75, 3.05) is 6.54 Å². The molecule has 6 heteroatoms. The van der Waals surface area contributed by atoms with E-state index in [4.69, 9.17) is 0 Å². The van der Waals surface area contributed by atoms with Crippen LogP contribution in [0.3, 0.4) is 0 Å². The molecule has 1 heterocycles. The van der Waals surface area contributed by atoms with Crippen LogP contribution >= 0.6 is 0 Å². The van der Waals surface area contributed by atoms with Gasteiger partial charge >= 0.3 is 0 Å². The summed E-state index contributed by atoms with van der Waals surface area (Å²) in [6.07, 6.45) is 1.07. The predicted octanol–water partition coefficient (Wildman–Crippen LogP) is 1.92. The molecule has 1 aromatic rings. The lowest BCUT2D eigenvalue weighted by Crippen LogP contribution is -2.37. The van der Waals surface area contributed by atoms with Crippen LogP contribution in [0.2, 0.25) is 0 Å². The summed E-state index contributed by atoms with van der Waals surface area (Å²) >= 11 is 0. The van der Waals surface area contributed by atoms with Crippen molar-refractivity contribution in [2.45, 2.75) is 63.6 Å². The smallest absolute Gasteiger partial charge is 0.219 e. The minimum Gasteiger partial charge on any atom is -0.373 e. The molecule has 0 amide bonds. The van der Waals surface area contributed by atoms with E-state index < -0.39 is 21.0 Å². The van der Waals surface area contributed by atoms with Gasteiger partial charge in [0.15, 0.2) is 0 Å². The highest BCUT2D eigenvalue weighted by Crippen LogP contribution is 2.42. The Hall–Kier alpha value is -0.950. The van der Waals surface area contributed by atoms with Gasteiger partial charge in [0.25, 0.3) is 0 Å². The van der Waals surface area contributed by atoms with Gasteiger partial charge in [0, 0.05) is 19.1 Å². The van der Waals surface area contributed by atoms with Gasteiger partial charge in [-0.05, 0) is 56.7 Å². The van der Waals surface area contributed by atoms with Crippen molar-refractivity contribution in [1.82, 2.24) is 9.62 Å². The molecule has 1 unspecified atom stereocenters. The van der Waals surface area contributed by atoms with E-state index in [1.54, 1.807) is 6.92 Å². The molecule has 5 nitrogen and oxygen atoms in total. The summed E-state index contributed by atoms with van der Waals surface area (Å²) in [4.78, 5) is 2.41. The summed E-state index contributed by atoms with van der Waals surface area (Å²) in [6.45, 7) is 8.00. The number of hydrogen-bond donors (Lipinski definition) is 2. The van der Waals surface area contributed by atoms with Crippen molar-refractivity contribution < 1.29 is 13.5 Å². The molecule has 3 rings (SSSR count). The largest absolute Gasteiger partial charge is 0.373 e. The highest BCUT2D eigenvalue weighted by molar-refractivity contribution is 7.91. The van der Waals surface area contributed by atoms with Crippen LogP contribution in [0.4, 0.5) is 0 Å². The van der Waals surface area contributed by atoms with Gasteiger partial charge in [-0.15, -0.1) is 0 Å². The van der Waals surface area contributed by atoms with E-state index in [0.29, 0.717) is 24.4 Å². The Balaban J connectivity index is 1.75. The van der Waals surface area contributed by atoms with Crippen molar-refractivity contribution in [2.24, 2.45) is 0 Å². The number of nitrogens with one attached hydrogen (secondary N) is 1. The molecule has 1 atom stereocenters. The first-order chi connectivity index (χ1) is 10.7. The fraction of sp³-hybridized carbons (Fsp3) is 0.647. The number of rotatable bonds is 5. The zero-order valence-electron chi connectivity index (χ0n) is 14.0. The first-order valence-corrected chi connectivity index (χ1v) is 9.76. The second kappa shape index (κ2) is 5.84. The Labute approximate surface area is 138 Å². The maximum Gasteiger partial charge on any atom is 0.219 e. The van der Waals surface area contributed by atoms with E-state index in [-0.39, 0.29) is 0 Å². The first kappa shape index (κ1) is 16.9. The molecule has 1 fully saturated rings. The van der Waals surface area contributed by atoms with Gasteiger partial charge < -0.3 is 5.11 Å². The van der Waals surface area contributed by atoms with E-state index in [9.17, 15) is 13.5 Å². The summed E-state index contributed by atoms with van der Waals surface area (Å²) in [5, 5.41) is 10.3. The molecule has 1 aromatic carbocycles. The molecular formula is C17H26N2O3S. The highest BCUT2D eigenvalue weighted by atomic mass is 32.2. The Morgan fingerprint density at radius 3 is 2.57 bits per heavy atom. The van der Waals surface area contributed by atoms with Gasteiger partial charge in [-0.3, -0.25) is 4.90 Å². The predicted molar refractivity (Wildman–Crippen MR) is 90.3 cm³/mol. The summed E-state index contributed by atoms with van der Waals surface area (Å²) in [6, 6.07) is 6.29. The van der Waals surface area contributed by atoms with Crippen LogP contribution in [0.1, 0.15) is 56.5 Å². The quantitative estimate of drug-likeness (QED) is 0.805. The minimum atomic E-state index is -3.48. The molecule has 0 saturated heterocycles. The molecule has 2 N–H and O–H groups in total. The fourth-order valence-corrected chi connectivity index (χ4v) is 4.36. The number of hydrogen-bond acceptors (Lipinski definition) is 4. The molecule has 0 aromatic heterocycles. The summed E-state index contributed by atoms with van der Waals surface area (Å²) in [5.41, 5.74) is 3.09. The first-order valence-electron chi connectivity index (χ1n) is 8.27. The summed E-state index contributed by atoms with van der Waals surface area (Å²) in [7, 11) is -3.48. The van der Waals surface area contributed by atoms with Crippen LogP contribution in [0.15, 0.2) is 18.2 Å². The van der Waals surface area contributed by atoms with Gasteiger partial charge in [-0.1, -0.05) is 18.2 Å². The highest BCUT2D eigenvalue weighted by Gasteiger charge is 2.50. The number of benzene rings is 1. The Bertz CT molecular complexity index is 696. The summed E-state index contributed by atoms with van der Waals surface area (Å²) in [5.74, 6) is 0. The topological polar surface area (TPSA) is 69.6 Å². The SMILES string of the molecule is CC(C)N1CCc2cc(C(O)NS(=O)(=O)C3(C)CC3)ccc2C1. The van der Waals surface area contributed by atoms with E-state index in [1.807, 2.05) is 18.2 Å². The second-order valence-electron chi connectivity index (χ2n) is 7.32. The van der Waals surface area contributed by atoms with Crippen molar-refractivity contribution in [3.05, 3.63) is 34.9 Å². The molecule has 0 spiro atoms. The number of sulfonamides is 1. The zero-order valence-corrected chi connectivity index (χ0v) is 14.9. The van der Waals surface area contributed by atoms with E-state index >= 15 is 0 Å². The Morgan fingerprint density at radius 1 is 1.26 bits per heavy atom. The van der Waals surface area contributed by atoms with E-state index in [0.717, 1.165) is 19.5 Å². The van der Waals surface area contributed by atoms with E-state index in [2.05, 4.69) is 23.5 Å². The molecule has 1 aliphatic heterocycles. The molecule has 0 radical (unpaired) electrons. The molecular weight excluding hydrogens is 312 g/mol. The van der Waals surface area contributed by atoms with Crippen LogP contribution < -0.4 is 4.72 Å². The van der Waals surface area contributed by atoms with Crippen LogP contribution in [-0.2, 0) is 23.0 Å². The third-order valence-electron chi connectivity index (χ3n) is 5.19. The standard InChI is InChI=1S/C17H26N2O3S/c1-12(2)19-9-6-13-10-14(4-5-15(13)11-19)16(20)18-23(21,22)17(3)7-8-17/h4-5,10,12,16,18,20H,6-9,11H2,1-3H3. The van der Waals surface area contributed by atoms with Crippen LogP contribution in [-0.4, -0.2) is 35.8 Å². The van der Waals surface area contributed by atoms with Gasteiger partial charge in [-0.2, -0.15) is 4.72 Å². The average molecular weight is 338 g/mol. The molecule has 1 aliphatic carbocycles. The third-order valence-corrected chi connectivity index (χ3v) is 7.43. The summed E-state index contributed by atoms with van der Waals surface area (Å²) < 4.78 is 26.2. The van der Waals surface area contributed by atoms with Crippen molar-refractivity contribution in [1.29, 1.82) is 0 Å². The maximum atomic E-state index is 12.2. The lowest BCUT2D eigenvalue weighted by molar-refractivity contribution is 0.165. The lowest BCUT2D eigenvalue weighted by atomic mass is 9.96. The molecule has 0 bridgehead atoms. The molecule has 128 valence electrons.